The largest absolute Gasteiger partial charge is 0.453 e. The quantitative estimate of drug-likeness (QED) is 0.870. The van der Waals surface area contributed by atoms with E-state index in [1.54, 1.807) is 0 Å². The number of fused-ring (bicyclic) bond motifs is 1. The Bertz CT molecular complexity index is 589. The first-order chi connectivity index (χ1) is 8.11. The lowest BCUT2D eigenvalue weighted by atomic mass is 10.1. The molecule has 0 atom stereocenters. The van der Waals surface area contributed by atoms with Crippen LogP contribution < -0.4 is 5.32 Å². The van der Waals surface area contributed by atoms with Crippen LogP contribution in [0.4, 0.5) is 10.6 Å². The summed E-state index contributed by atoms with van der Waals surface area (Å²) >= 11 is 9.41. The number of methoxy groups -OCH3 is 1. The fourth-order valence-electron chi connectivity index (χ4n) is 1.43. The number of halogens is 2. The molecule has 1 aromatic carbocycles. The van der Waals surface area contributed by atoms with Crippen LogP contribution in [-0.2, 0) is 4.74 Å². The molecule has 17 heavy (non-hydrogen) atoms. The zero-order valence-electron chi connectivity index (χ0n) is 8.83. The summed E-state index contributed by atoms with van der Waals surface area (Å²) in [6.45, 7) is 0. The van der Waals surface area contributed by atoms with E-state index in [2.05, 4.69) is 31.0 Å². The highest BCUT2D eigenvalue weighted by molar-refractivity contribution is 9.10. The molecule has 0 saturated carbocycles. The molecule has 1 aromatic heterocycles. The predicted molar refractivity (Wildman–Crippen MR) is 70.5 cm³/mol. The van der Waals surface area contributed by atoms with E-state index in [0.717, 1.165) is 15.2 Å². The molecule has 0 aliphatic carbocycles. The van der Waals surface area contributed by atoms with Crippen molar-refractivity contribution in [3.63, 3.8) is 0 Å². The third-order valence-electron chi connectivity index (χ3n) is 2.21. The Morgan fingerprint density at radius 3 is 2.94 bits per heavy atom. The molecule has 2 rings (SSSR count). The monoisotopic (exact) mass is 314 g/mol. The Balaban J connectivity index is 2.58. The summed E-state index contributed by atoms with van der Waals surface area (Å²) in [7, 11) is 1.30. The van der Waals surface area contributed by atoms with Crippen molar-refractivity contribution in [3.8, 4) is 0 Å². The Morgan fingerprint density at radius 1 is 1.47 bits per heavy atom. The minimum absolute atomic E-state index is 0.420. The van der Waals surface area contributed by atoms with E-state index >= 15 is 0 Å². The topological polar surface area (TPSA) is 51.2 Å². The van der Waals surface area contributed by atoms with Crippen molar-refractivity contribution in [2.45, 2.75) is 0 Å². The molecule has 0 aliphatic rings. The maximum absolute atomic E-state index is 11.2. The minimum atomic E-state index is -0.566. The first kappa shape index (κ1) is 12.1. The number of rotatable bonds is 1. The van der Waals surface area contributed by atoms with Crippen molar-refractivity contribution in [1.29, 1.82) is 0 Å². The number of pyridine rings is 1. The standard InChI is InChI=1S/C11H8BrClN2O2/c1-17-11(16)15-10-7-3-2-6(12)4-8(7)9(13)5-14-10/h2-5H,1H3,(H,14,15,16). The van der Waals surface area contributed by atoms with Gasteiger partial charge in [0.1, 0.15) is 5.82 Å². The maximum atomic E-state index is 11.2. The van der Waals surface area contributed by atoms with E-state index in [0.29, 0.717) is 10.8 Å². The third-order valence-corrected chi connectivity index (χ3v) is 3.00. The number of ether oxygens (including phenoxy) is 1. The summed E-state index contributed by atoms with van der Waals surface area (Å²) in [4.78, 5) is 15.2. The van der Waals surface area contributed by atoms with Crippen LogP contribution in [0.1, 0.15) is 0 Å². The number of hydrogen-bond donors (Lipinski definition) is 1. The number of hydrogen-bond acceptors (Lipinski definition) is 3. The number of carbonyl (C=O) groups excluding carboxylic acids is 1. The molecule has 0 fully saturated rings. The van der Waals surface area contributed by atoms with Crippen molar-refractivity contribution in [1.82, 2.24) is 4.98 Å². The first-order valence-electron chi connectivity index (χ1n) is 4.70. The van der Waals surface area contributed by atoms with E-state index in [1.165, 1.54) is 13.3 Å². The highest BCUT2D eigenvalue weighted by Crippen LogP contribution is 2.30. The molecule has 4 nitrogen and oxygen atoms in total. The average molecular weight is 316 g/mol. The number of anilines is 1. The van der Waals surface area contributed by atoms with Gasteiger partial charge in [-0.05, 0) is 18.2 Å². The van der Waals surface area contributed by atoms with Gasteiger partial charge in [-0.25, -0.2) is 9.78 Å². The van der Waals surface area contributed by atoms with Crippen molar-refractivity contribution < 1.29 is 9.53 Å². The van der Waals surface area contributed by atoms with Gasteiger partial charge in [0.05, 0.1) is 12.1 Å². The summed E-state index contributed by atoms with van der Waals surface area (Å²) in [5, 5.41) is 4.62. The summed E-state index contributed by atoms with van der Waals surface area (Å²) in [6, 6.07) is 5.54. The predicted octanol–water partition coefficient (Wildman–Crippen LogP) is 3.83. The van der Waals surface area contributed by atoms with Gasteiger partial charge in [-0.2, -0.15) is 0 Å². The van der Waals surface area contributed by atoms with Gasteiger partial charge in [0.15, 0.2) is 0 Å². The lowest BCUT2D eigenvalue weighted by Crippen LogP contribution is -2.12. The number of carbonyl (C=O) groups is 1. The van der Waals surface area contributed by atoms with E-state index < -0.39 is 6.09 Å². The fraction of sp³-hybridized carbons (Fsp3) is 0.0909. The molecular formula is C11H8BrClN2O2. The van der Waals surface area contributed by atoms with Crippen LogP contribution in [0.3, 0.4) is 0 Å². The molecule has 2 aromatic rings. The summed E-state index contributed by atoms with van der Waals surface area (Å²) in [5.74, 6) is 0.420. The second-order valence-electron chi connectivity index (χ2n) is 3.26. The summed E-state index contributed by atoms with van der Waals surface area (Å²) in [6.07, 6.45) is 0.922. The third kappa shape index (κ3) is 2.50. The number of nitrogens with zero attached hydrogens (tertiary/aromatic N) is 1. The molecule has 0 unspecified atom stereocenters. The molecule has 88 valence electrons. The zero-order valence-corrected chi connectivity index (χ0v) is 11.2. The van der Waals surface area contributed by atoms with Gasteiger partial charge in [-0.1, -0.05) is 27.5 Å². The Kier molecular flexibility index (Phi) is 3.49. The van der Waals surface area contributed by atoms with Crippen molar-refractivity contribution in [2.24, 2.45) is 0 Å². The van der Waals surface area contributed by atoms with Crippen LogP contribution in [0.2, 0.25) is 5.02 Å². The Hall–Kier alpha value is -1.33. The Labute approximate surface area is 111 Å². The fourth-order valence-corrected chi connectivity index (χ4v) is 1.99. The van der Waals surface area contributed by atoms with Gasteiger partial charge in [-0.15, -0.1) is 0 Å². The molecule has 1 N–H and O–H groups in total. The smallest absolute Gasteiger partial charge is 0.412 e. The van der Waals surface area contributed by atoms with Crippen LogP contribution in [0, 0.1) is 0 Å². The van der Waals surface area contributed by atoms with Gasteiger partial charge in [0.2, 0.25) is 0 Å². The maximum Gasteiger partial charge on any atom is 0.412 e. The van der Waals surface area contributed by atoms with E-state index in [4.69, 9.17) is 11.6 Å². The molecular weight excluding hydrogens is 307 g/mol. The second-order valence-corrected chi connectivity index (χ2v) is 4.58. The van der Waals surface area contributed by atoms with Gasteiger partial charge in [-0.3, -0.25) is 5.32 Å². The lowest BCUT2D eigenvalue weighted by molar-refractivity contribution is 0.187. The molecule has 1 heterocycles. The average Bonchev–Trinajstić information content (AvgIpc) is 2.33. The van der Waals surface area contributed by atoms with Crippen LogP contribution in [0.25, 0.3) is 10.8 Å². The number of benzene rings is 1. The second kappa shape index (κ2) is 4.89. The molecule has 6 heteroatoms. The van der Waals surface area contributed by atoms with Gasteiger partial charge in [0.25, 0.3) is 0 Å². The van der Waals surface area contributed by atoms with Crippen molar-refractivity contribution in [3.05, 3.63) is 33.9 Å². The Morgan fingerprint density at radius 2 is 2.24 bits per heavy atom. The highest BCUT2D eigenvalue weighted by Gasteiger charge is 2.09. The van der Waals surface area contributed by atoms with Gasteiger partial charge >= 0.3 is 6.09 Å². The molecule has 1 amide bonds. The molecule has 0 bridgehead atoms. The van der Waals surface area contributed by atoms with E-state index in [-0.39, 0.29) is 0 Å². The molecule has 0 spiro atoms. The highest BCUT2D eigenvalue weighted by atomic mass is 79.9. The molecule has 0 saturated heterocycles. The normalized spacial score (nSPS) is 10.3. The molecule has 0 radical (unpaired) electrons. The lowest BCUT2D eigenvalue weighted by Gasteiger charge is -2.08. The van der Waals surface area contributed by atoms with Crippen molar-refractivity contribution in [2.75, 3.05) is 12.4 Å². The van der Waals surface area contributed by atoms with Gasteiger partial charge in [0, 0.05) is 21.4 Å². The minimum Gasteiger partial charge on any atom is -0.453 e. The summed E-state index contributed by atoms with van der Waals surface area (Å²) in [5.41, 5.74) is 0. The van der Waals surface area contributed by atoms with E-state index in [9.17, 15) is 4.79 Å². The van der Waals surface area contributed by atoms with E-state index in [1.807, 2.05) is 18.2 Å². The molecule has 0 aliphatic heterocycles. The van der Waals surface area contributed by atoms with Crippen LogP contribution in [0.15, 0.2) is 28.9 Å². The SMILES string of the molecule is COC(=O)Nc1ncc(Cl)c2cc(Br)ccc12. The zero-order chi connectivity index (χ0) is 12.4. The first-order valence-corrected chi connectivity index (χ1v) is 5.87. The van der Waals surface area contributed by atoms with Gasteiger partial charge < -0.3 is 4.74 Å². The van der Waals surface area contributed by atoms with Crippen LogP contribution in [0.5, 0.6) is 0 Å². The van der Waals surface area contributed by atoms with Crippen LogP contribution >= 0.6 is 27.5 Å². The van der Waals surface area contributed by atoms with Crippen LogP contribution in [-0.4, -0.2) is 18.2 Å². The number of nitrogens with one attached hydrogen (secondary N) is 1. The number of amides is 1. The number of aromatic nitrogens is 1. The summed E-state index contributed by atoms with van der Waals surface area (Å²) < 4.78 is 5.43. The van der Waals surface area contributed by atoms with Crippen molar-refractivity contribution >= 4 is 50.2 Å².